The van der Waals surface area contributed by atoms with Gasteiger partial charge in [0.15, 0.2) is 0 Å². The number of halogens is 2. The van der Waals surface area contributed by atoms with Crippen molar-refractivity contribution in [2.24, 2.45) is 0 Å². The molecule has 4 heterocycles. The topological polar surface area (TPSA) is 67.7 Å². The molecule has 1 amide bonds. The number of fused-ring (bicyclic) bond motifs is 1. The van der Waals surface area contributed by atoms with E-state index in [0.29, 0.717) is 17.0 Å². The van der Waals surface area contributed by atoms with Gasteiger partial charge in [0, 0.05) is 31.2 Å². The highest BCUT2D eigenvalue weighted by atomic mass is 19.3. The first kappa shape index (κ1) is 19.3. The normalized spacial score (nSPS) is 18.5. The fourth-order valence-corrected chi connectivity index (χ4v) is 3.51. The first-order chi connectivity index (χ1) is 13.9. The van der Waals surface area contributed by atoms with Gasteiger partial charge < -0.3 is 19.8 Å². The second-order valence-electron chi connectivity index (χ2n) is 7.19. The molecule has 0 radical (unpaired) electrons. The molecule has 4 rings (SSSR count). The third kappa shape index (κ3) is 4.07. The van der Waals surface area contributed by atoms with E-state index >= 15 is 0 Å². The van der Waals surface area contributed by atoms with Gasteiger partial charge in [0.1, 0.15) is 24.1 Å². The van der Waals surface area contributed by atoms with Crippen molar-refractivity contribution in [1.82, 2.24) is 20.0 Å². The van der Waals surface area contributed by atoms with Crippen LogP contribution in [0.1, 0.15) is 28.2 Å². The minimum Gasteiger partial charge on any atom is -0.486 e. The molecule has 1 fully saturated rings. The molecule has 6 nitrogen and oxygen atoms in total. The lowest BCUT2D eigenvalue weighted by atomic mass is 10.0. The summed E-state index contributed by atoms with van der Waals surface area (Å²) in [5, 5.41) is 5.41. The molecule has 0 aliphatic carbocycles. The van der Waals surface area contributed by atoms with E-state index in [2.05, 4.69) is 15.6 Å². The molecule has 1 unspecified atom stereocenters. The van der Waals surface area contributed by atoms with Gasteiger partial charge in [-0.25, -0.2) is 8.78 Å². The number of carbonyl (C=O) groups excluding carboxylic acids is 1. The molecule has 3 aromatic rings. The number of hydrogen-bond donors (Lipinski definition) is 2. The summed E-state index contributed by atoms with van der Waals surface area (Å²) in [6, 6.07) is 9.80. The van der Waals surface area contributed by atoms with Crippen LogP contribution in [0.5, 0.6) is 5.75 Å². The van der Waals surface area contributed by atoms with Crippen molar-refractivity contribution in [3.8, 4) is 5.75 Å². The van der Waals surface area contributed by atoms with Crippen LogP contribution in [-0.2, 0) is 6.61 Å². The van der Waals surface area contributed by atoms with Gasteiger partial charge in [-0.3, -0.25) is 9.78 Å². The largest absolute Gasteiger partial charge is 0.486 e. The summed E-state index contributed by atoms with van der Waals surface area (Å²) in [5.74, 6) is -2.91. The van der Waals surface area contributed by atoms with Crippen LogP contribution in [0, 0.1) is 6.92 Å². The number of hydrogen-bond acceptors (Lipinski definition) is 4. The summed E-state index contributed by atoms with van der Waals surface area (Å²) in [7, 11) is 0. The maximum atomic E-state index is 14.1. The number of carbonyl (C=O) groups is 1. The van der Waals surface area contributed by atoms with E-state index < -0.39 is 17.9 Å². The average Bonchev–Trinajstić information content (AvgIpc) is 3.03. The molecule has 0 bridgehead atoms. The van der Waals surface area contributed by atoms with E-state index in [1.54, 1.807) is 29.8 Å². The number of aromatic nitrogens is 2. The standard InChI is InChI=1S/C21H22F2N4O2/c1-14-10-16-5-6-17(29-13-15-4-2-3-8-25-15)12-27(16)19(14)20(28)26-18-11-24-9-7-21(18,22)23/h2-6,8,10,12,18,24H,7,9,11,13H2,1H3,(H,26,28). The summed E-state index contributed by atoms with van der Waals surface area (Å²) >= 11 is 0. The highest BCUT2D eigenvalue weighted by Crippen LogP contribution is 2.26. The zero-order valence-electron chi connectivity index (χ0n) is 16.0. The molecule has 152 valence electrons. The van der Waals surface area contributed by atoms with E-state index in [9.17, 15) is 13.6 Å². The Kier molecular flexibility index (Phi) is 5.19. The number of pyridine rings is 2. The molecule has 1 saturated heterocycles. The Balaban J connectivity index is 1.56. The van der Waals surface area contributed by atoms with Gasteiger partial charge in [0.05, 0.1) is 11.9 Å². The van der Waals surface area contributed by atoms with Gasteiger partial charge in [0.2, 0.25) is 0 Å². The minimum atomic E-state index is -2.93. The zero-order chi connectivity index (χ0) is 20.4. The summed E-state index contributed by atoms with van der Waals surface area (Å²) < 4.78 is 35.7. The fourth-order valence-electron chi connectivity index (χ4n) is 3.51. The highest BCUT2D eigenvalue weighted by molar-refractivity contribution is 5.96. The Bertz CT molecular complexity index is 1020. The Hall–Kier alpha value is -3.00. The predicted molar refractivity (Wildman–Crippen MR) is 104 cm³/mol. The SMILES string of the molecule is Cc1cc2ccc(OCc3ccccn3)cn2c1C(=O)NC1CNCCC1(F)F. The molecule has 0 aromatic carbocycles. The molecule has 3 aromatic heterocycles. The van der Waals surface area contributed by atoms with Gasteiger partial charge in [-0.2, -0.15) is 0 Å². The van der Waals surface area contributed by atoms with E-state index in [1.807, 2.05) is 30.3 Å². The van der Waals surface area contributed by atoms with Crippen LogP contribution < -0.4 is 15.4 Å². The van der Waals surface area contributed by atoms with Crippen molar-refractivity contribution >= 4 is 11.4 Å². The predicted octanol–water partition coefficient (Wildman–Crippen LogP) is 2.95. The average molecular weight is 400 g/mol. The van der Waals surface area contributed by atoms with Gasteiger partial charge in [-0.05, 0) is 42.8 Å². The lowest BCUT2D eigenvalue weighted by Crippen LogP contribution is -2.57. The Labute approximate surface area is 166 Å². The van der Waals surface area contributed by atoms with Crippen molar-refractivity contribution in [2.75, 3.05) is 13.1 Å². The smallest absolute Gasteiger partial charge is 0.270 e. The number of rotatable bonds is 5. The Morgan fingerprint density at radius 2 is 2.24 bits per heavy atom. The second kappa shape index (κ2) is 7.79. The van der Waals surface area contributed by atoms with Gasteiger partial charge >= 0.3 is 0 Å². The number of nitrogens with zero attached hydrogens (tertiary/aromatic N) is 2. The quantitative estimate of drug-likeness (QED) is 0.691. The molecule has 0 spiro atoms. The maximum Gasteiger partial charge on any atom is 0.270 e. The monoisotopic (exact) mass is 400 g/mol. The first-order valence-electron chi connectivity index (χ1n) is 9.48. The lowest BCUT2D eigenvalue weighted by Gasteiger charge is -2.32. The van der Waals surface area contributed by atoms with Crippen LogP contribution in [0.25, 0.3) is 5.52 Å². The number of piperidine rings is 1. The first-order valence-corrected chi connectivity index (χ1v) is 9.48. The van der Waals surface area contributed by atoms with E-state index in [1.165, 1.54) is 0 Å². The van der Waals surface area contributed by atoms with Crippen LogP contribution in [0.15, 0.2) is 48.8 Å². The third-order valence-corrected chi connectivity index (χ3v) is 5.06. The number of ether oxygens (including phenoxy) is 1. The number of alkyl halides is 2. The van der Waals surface area contributed by atoms with E-state index in [0.717, 1.165) is 11.2 Å². The molecule has 1 atom stereocenters. The van der Waals surface area contributed by atoms with Crippen LogP contribution >= 0.6 is 0 Å². The summed E-state index contributed by atoms with van der Waals surface area (Å²) in [4.78, 5) is 17.1. The van der Waals surface area contributed by atoms with Gasteiger partial charge in [-0.15, -0.1) is 0 Å². The zero-order valence-corrected chi connectivity index (χ0v) is 16.0. The number of amides is 1. The van der Waals surface area contributed by atoms with Crippen molar-refractivity contribution in [3.05, 3.63) is 65.7 Å². The lowest BCUT2D eigenvalue weighted by molar-refractivity contribution is -0.0543. The molecule has 0 saturated carbocycles. The van der Waals surface area contributed by atoms with Crippen LogP contribution in [-0.4, -0.2) is 40.3 Å². The molecule has 8 heteroatoms. The van der Waals surface area contributed by atoms with Gasteiger partial charge in [-0.1, -0.05) is 6.07 Å². The Morgan fingerprint density at radius 3 is 3.00 bits per heavy atom. The highest BCUT2D eigenvalue weighted by Gasteiger charge is 2.42. The fraction of sp³-hybridized carbons (Fsp3) is 0.333. The van der Waals surface area contributed by atoms with Crippen molar-refractivity contribution in [3.63, 3.8) is 0 Å². The van der Waals surface area contributed by atoms with E-state index in [4.69, 9.17) is 4.74 Å². The van der Waals surface area contributed by atoms with Gasteiger partial charge in [0.25, 0.3) is 11.8 Å². The molecule has 1 aliphatic heterocycles. The molecular weight excluding hydrogens is 378 g/mol. The number of nitrogens with one attached hydrogen (secondary N) is 2. The van der Waals surface area contributed by atoms with Crippen LogP contribution in [0.4, 0.5) is 8.78 Å². The second-order valence-corrected chi connectivity index (χ2v) is 7.19. The molecule has 2 N–H and O–H groups in total. The van der Waals surface area contributed by atoms with Crippen molar-refractivity contribution in [1.29, 1.82) is 0 Å². The van der Waals surface area contributed by atoms with Crippen molar-refractivity contribution < 1.29 is 18.3 Å². The summed E-state index contributed by atoms with van der Waals surface area (Å²) in [6.45, 7) is 2.35. The summed E-state index contributed by atoms with van der Waals surface area (Å²) in [6.07, 6.45) is 3.09. The number of aryl methyl sites for hydroxylation is 1. The maximum absolute atomic E-state index is 14.1. The third-order valence-electron chi connectivity index (χ3n) is 5.06. The minimum absolute atomic E-state index is 0.0412. The van der Waals surface area contributed by atoms with Crippen LogP contribution in [0.2, 0.25) is 0 Å². The Morgan fingerprint density at radius 1 is 1.38 bits per heavy atom. The molecule has 29 heavy (non-hydrogen) atoms. The van der Waals surface area contributed by atoms with E-state index in [-0.39, 0.29) is 26.1 Å². The molecule has 1 aliphatic rings. The van der Waals surface area contributed by atoms with Crippen molar-refractivity contribution in [2.45, 2.75) is 31.9 Å². The molecular formula is C21H22F2N4O2. The van der Waals surface area contributed by atoms with Crippen LogP contribution in [0.3, 0.4) is 0 Å². The summed E-state index contributed by atoms with van der Waals surface area (Å²) in [5.41, 5.74) is 2.59.